The fraction of sp³-hybridized carbons (Fsp3) is 0.115. The number of aryl methyl sites for hydroxylation is 1. The van der Waals surface area contributed by atoms with Crippen LogP contribution in [0.5, 0.6) is 17.4 Å². The van der Waals surface area contributed by atoms with E-state index in [1.54, 1.807) is 43.8 Å². The average molecular weight is 484 g/mol. The Labute approximate surface area is 205 Å². The number of pyridine rings is 1. The van der Waals surface area contributed by atoms with E-state index in [9.17, 15) is 4.79 Å². The number of benzene rings is 2. The van der Waals surface area contributed by atoms with E-state index in [0.29, 0.717) is 35.0 Å². The quantitative estimate of drug-likeness (QED) is 0.329. The number of carbonyl (C=O) groups is 1. The summed E-state index contributed by atoms with van der Waals surface area (Å²) >= 11 is 1.30. The van der Waals surface area contributed by atoms with Gasteiger partial charge in [-0.2, -0.15) is 4.37 Å². The van der Waals surface area contributed by atoms with Crippen molar-refractivity contribution in [3.63, 3.8) is 0 Å². The summed E-state index contributed by atoms with van der Waals surface area (Å²) in [7, 11) is 1.61. The third-order valence-corrected chi connectivity index (χ3v) is 6.21. The molecule has 0 saturated carbocycles. The van der Waals surface area contributed by atoms with Crippen molar-refractivity contribution in [3.05, 3.63) is 94.9 Å². The lowest BCUT2D eigenvalue weighted by molar-refractivity contribution is 0.102. The van der Waals surface area contributed by atoms with Gasteiger partial charge in [0, 0.05) is 23.6 Å². The van der Waals surface area contributed by atoms with Crippen LogP contribution < -0.4 is 14.8 Å². The standard InChI is InChI=1S/C26H21N5O3S/c1-16-25(23(35-31-16)13-18-15-27-21-5-3-4-6-22(21)29-18)26(32)30-17-7-12-24(28-14-17)34-20-10-8-19(33-2)9-11-20/h3-12,14-15H,13H2,1-2H3,(H,30,32). The molecule has 1 N–H and O–H groups in total. The molecule has 0 unspecified atom stereocenters. The molecule has 0 aliphatic carbocycles. The summed E-state index contributed by atoms with van der Waals surface area (Å²) in [5.74, 6) is 1.55. The number of methoxy groups -OCH3 is 1. The van der Waals surface area contributed by atoms with Gasteiger partial charge < -0.3 is 14.8 Å². The van der Waals surface area contributed by atoms with Crippen LogP contribution in [-0.4, -0.2) is 32.3 Å². The number of anilines is 1. The second-order valence-corrected chi connectivity index (χ2v) is 8.57. The fourth-order valence-electron chi connectivity index (χ4n) is 3.55. The maximum absolute atomic E-state index is 13.1. The molecular weight excluding hydrogens is 462 g/mol. The first-order chi connectivity index (χ1) is 17.1. The van der Waals surface area contributed by atoms with Crippen LogP contribution in [0, 0.1) is 6.92 Å². The zero-order valence-electron chi connectivity index (χ0n) is 19.1. The number of nitrogens with zero attached hydrogens (tertiary/aromatic N) is 4. The molecule has 35 heavy (non-hydrogen) atoms. The molecule has 5 rings (SSSR count). The van der Waals surface area contributed by atoms with Crippen LogP contribution in [0.3, 0.4) is 0 Å². The minimum absolute atomic E-state index is 0.245. The summed E-state index contributed by atoms with van der Waals surface area (Å²) in [5.41, 5.74) is 4.20. The number of para-hydroxylation sites is 2. The molecule has 5 aromatic rings. The summed E-state index contributed by atoms with van der Waals surface area (Å²) in [6.07, 6.45) is 3.77. The number of rotatable bonds is 7. The van der Waals surface area contributed by atoms with Gasteiger partial charge in [-0.3, -0.25) is 9.78 Å². The number of amides is 1. The summed E-state index contributed by atoms with van der Waals surface area (Å²) in [5, 5.41) is 2.90. The molecule has 3 aromatic heterocycles. The predicted octanol–water partition coefficient (Wildman–Crippen LogP) is 5.43. The maximum atomic E-state index is 13.1. The van der Waals surface area contributed by atoms with Crippen molar-refractivity contribution in [2.75, 3.05) is 12.4 Å². The monoisotopic (exact) mass is 483 g/mol. The van der Waals surface area contributed by atoms with Gasteiger partial charge >= 0.3 is 0 Å². The first-order valence-corrected chi connectivity index (χ1v) is 11.6. The molecule has 0 aliphatic rings. The van der Waals surface area contributed by atoms with Crippen LogP contribution >= 0.6 is 11.5 Å². The number of nitrogens with one attached hydrogen (secondary N) is 1. The van der Waals surface area contributed by atoms with E-state index in [4.69, 9.17) is 9.47 Å². The van der Waals surface area contributed by atoms with Gasteiger partial charge in [0.1, 0.15) is 11.5 Å². The molecule has 1 amide bonds. The molecule has 0 bridgehead atoms. The molecule has 0 saturated heterocycles. The Morgan fingerprint density at radius 1 is 0.943 bits per heavy atom. The van der Waals surface area contributed by atoms with Crippen molar-refractivity contribution in [3.8, 4) is 17.4 Å². The number of carbonyl (C=O) groups excluding carboxylic acids is 1. The maximum Gasteiger partial charge on any atom is 0.258 e. The number of fused-ring (bicyclic) bond motifs is 1. The minimum Gasteiger partial charge on any atom is -0.497 e. The molecule has 3 heterocycles. The number of aromatic nitrogens is 4. The van der Waals surface area contributed by atoms with Gasteiger partial charge in [-0.05, 0) is 60.9 Å². The van der Waals surface area contributed by atoms with Crippen molar-refractivity contribution in [1.82, 2.24) is 19.3 Å². The lowest BCUT2D eigenvalue weighted by Crippen LogP contribution is -2.14. The van der Waals surface area contributed by atoms with Crippen molar-refractivity contribution >= 4 is 34.2 Å². The molecule has 174 valence electrons. The van der Waals surface area contributed by atoms with E-state index in [1.165, 1.54) is 11.5 Å². The van der Waals surface area contributed by atoms with Crippen molar-refractivity contribution in [2.45, 2.75) is 13.3 Å². The van der Waals surface area contributed by atoms with E-state index in [-0.39, 0.29) is 5.91 Å². The van der Waals surface area contributed by atoms with Crippen molar-refractivity contribution < 1.29 is 14.3 Å². The second-order valence-electron chi connectivity index (χ2n) is 7.71. The molecule has 0 spiro atoms. The number of hydrogen-bond donors (Lipinski definition) is 1. The Balaban J connectivity index is 1.28. The molecular formula is C26H21N5O3S. The lowest BCUT2D eigenvalue weighted by atomic mass is 10.1. The highest BCUT2D eigenvalue weighted by Crippen LogP contribution is 2.25. The van der Waals surface area contributed by atoms with E-state index in [2.05, 4.69) is 24.6 Å². The zero-order chi connectivity index (χ0) is 24.2. The molecule has 2 aromatic carbocycles. The van der Waals surface area contributed by atoms with Crippen LogP contribution in [0.15, 0.2) is 73.1 Å². The second kappa shape index (κ2) is 9.86. The van der Waals surface area contributed by atoms with Gasteiger partial charge in [0.05, 0.1) is 47.0 Å². The summed E-state index contributed by atoms with van der Waals surface area (Å²) < 4.78 is 15.3. The van der Waals surface area contributed by atoms with E-state index in [1.807, 2.05) is 43.3 Å². The SMILES string of the molecule is COc1ccc(Oc2ccc(NC(=O)c3c(C)nsc3Cc3cnc4ccccc4n3)cn2)cc1. The Morgan fingerprint density at radius 3 is 2.46 bits per heavy atom. The number of ether oxygens (including phenoxy) is 2. The molecule has 0 aliphatic heterocycles. The molecule has 0 fully saturated rings. The lowest BCUT2D eigenvalue weighted by Gasteiger charge is -2.09. The third-order valence-electron chi connectivity index (χ3n) is 5.28. The van der Waals surface area contributed by atoms with Crippen LogP contribution in [0.25, 0.3) is 11.0 Å². The highest BCUT2D eigenvalue weighted by atomic mass is 32.1. The van der Waals surface area contributed by atoms with Crippen LogP contribution in [0.1, 0.15) is 26.6 Å². The number of hydrogen-bond acceptors (Lipinski definition) is 8. The normalized spacial score (nSPS) is 10.8. The smallest absolute Gasteiger partial charge is 0.258 e. The first-order valence-electron chi connectivity index (χ1n) is 10.8. The predicted molar refractivity (Wildman–Crippen MR) is 134 cm³/mol. The van der Waals surface area contributed by atoms with Crippen LogP contribution in [-0.2, 0) is 6.42 Å². The molecule has 0 radical (unpaired) electrons. The van der Waals surface area contributed by atoms with Crippen molar-refractivity contribution in [1.29, 1.82) is 0 Å². The van der Waals surface area contributed by atoms with E-state index < -0.39 is 0 Å². The van der Waals surface area contributed by atoms with Crippen LogP contribution in [0.2, 0.25) is 0 Å². The Hall–Kier alpha value is -4.37. The summed E-state index contributed by atoms with van der Waals surface area (Å²) in [4.78, 5) is 27.4. The summed E-state index contributed by atoms with van der Waals surface area (Å²) in [6.45, 7) is 1.82. The summed E-state index contributed by atoms with van der Waals surface area (Å²) in [6, 6.07) is 18.3. The minimum atomic E-state index is -0.245. The Kier molecular flexibility index (Phi) is 6.32. The van der Waals surface area contributed by atoms with Gasteiger partial charge in [0.2, 0.25) is 5.88 Å². The van der Waals surface area contributed by atoms with Gasteiger partial charge in [0.15, 0.2) is 0 Å². The Morgan fingerprint density at radius 2 is 1.71 bits per heavy atom. The highest BCUT2D eigenvalue weighted by molar-refractivity contribution is 7.06. The van der Waals surface area contributed by atoms with Gasteiger partial charge in [-0.15, -0.1) is 0 Å². The van der Waals surface area contributed by atoms with Gasteiger partial charge in [-0.1, -0.05) is 12.1 Å². The van der Waals surface area contributed by atoms with Gasteiger partial charge in [-0.25, -0.2) is 9.97 Å². The van der Waals surface area contributed by atoms with E-state index in [0.717, 1.165) is 27.4 Å². The first kappa shape index (κ1) is 22.4. The van der Waals surface area contributed by atoms with E-state index >= 15 is 0 Å². The van der Waals surface area contributed by atoms with Gasteiger partial charge in [0.25, 0.3) is 5.91 Å². The third kappa shape index (κ3) is 5.10. The Bertz CT molecular complexity index is 1480. The highest BCUT2D eigenvalue weighted by Gasteiger charge is 2.19. The zero-order valence-corrected chi connectivity index (χ0v) is 19.9. The molecule has 9 heteroatoms. The fourth-order valence-corrected chi connectivity index (χ4v) is 4.43. The molecule has 8 nitrogen and oxygen atoms in total. The topological polar surface area (TPSA) is 99.1 Å². The largest absolute Gasteiger partial charge is 0.497 e. The van der Waals surface area contributed by atoms with Crippen LogP contribution in [0.4, 0.5) is 5.69 Å². The van der Waals surface area contributed by atoms with Crippen molar-refractivity contribution in [2.24, 2.45) is 0 Å². The molecule has 0 atom stereocenters. The average Bonchev–Trinajstić information content (AvgIpc) is 3.25.